The molecule has 0 aliphatic heterocycles. The van der Waals surface area contributed by atoms with Crippen LogP contribution in [0.3, 0.4) is 0 Å². The van der Waals surface area contributed by atoms with Crippen LogP contribution in [0.15, 0.2) is 0 Å². The highest BCUT2D eigenvalue weighted by molar-refractivity contribution is 5.82. The molecule has 0 aromatic heterocycles. The third kappa shape index (κ3) is 4.82. The van der Waals surface area contributed by atoms with Gasteiger partial charge >= 0.3 is 5.97 Å². The van der Waals surface area contributed by atoms with Gasteiger partial charge in [0.1, 0.15) is 0 Å². The maximum atomic E-state index is 12.1. The maximum Gasteiger partial charge on any atom is 0.303 e. The smallest absolute Gasteiger partial charge is 0.303 e. The van der Waals surface area contributed by atoms with Crippen LogP contribution in [0.5, 0.6) is 0 Å². The average molecular weight is 270 g/mol. The van der Waals surface area contributed by atoms with Crippen LogP contribution >= 0.6 is 0 Å². The number of nitrogens with zero attached hydrogens (tertiary/aromatic N) is 1. The van der Waals surface area contributed by atoms with Crippen molar-refractivity contribution in [1.82, 2.24) is 4.90 Å². The third-order valence-electron chi connectivity index (χ3n) is 4.19. The van der Waals surface area contributed by atoms with Crippen molar-refractivity contribution in [3.8, 4) is 0 Å². The first-order chi connectivity index (χ1) is 8.73. The summed E-state index contributed by atoms with van der Waals surface area (Å²) >= 11 is 0. The quantitative estimate of drug-likeness (QED) is 0.795. The SMILES string of the molecule is CN(C(=O)C(N)CCC(=O)O)C1CCC(C)(C)CC1. The lowest BCUT2D eigenvalue weighted by atomic mass is 9.75. The van der Waals surface area contributed by atoms with E-state index < -0.39 is 12.0 Å². The van der Waals surface area contributed by atoms with Crippen molar-refractivity contribution in [3.63, 3.8) is 0 Å². The second-order valence-corrected chi connectivity index (χ2v) is 6.38. The van der Waals surface area contributed by atoms with E-state index in [1.165, 1.54) is 0 Å². The zero-order valence-electron chi connectivity index (χ0n) is 12.2. The second kappa shape index (κ2) is 6.37. The predicted octanol–water partition coefficient (Wildman–Crippen LogP) is 1.61. The van der Waals surface area contributed by atoms with E-state index in [-0.39, 0.29) is 24.8 Å². The summed E-state index contributed by atoms with van der Waals surface area (Å²) in [6.45, 7) is 4.51. The second-order valence-electron chi connectivity index (χ2n) is 6.38. The molecule has 1 fully saturated rings. The van der Waals surface area contributed by atoms with Crippen molar-refractivity contribution in [2.45, 2.75) is 64.5 Å². The molecule has 1 atom stereocenters. The van der Waals surface area contributed by atoms with Crippen molar-refractivity contribution in [2.75, 3.05) is 7.05 Å². The van der Waals surface area contributed by atoms with E-state index in [0.29, 0.717) is 5.41 Å². The van der Waals surface area contributed by atoms with Crippen LogP contribution in [-0.2, 0) is 9.59 Å². The van der Waals surface area contributed by atoms with E-state index in [4.69, 9.17) is 10.8 Å². The molecule has 110 valence electrons. The fraction of sp³-hybridized carbons (Fsp3) is 0.857. The van der Waals surface area contributed by atoms with E-state index in [2.05, 4.69) is 13.8 Å². The zero-order chi connectivity index (χ0) is 14.6. The molecular formula is C14H26N2O3. The summed E-state index contributed by atoms with van der Waals surface area (Å²) in [5, 5.41) is 8.61. The number of carbonyl (C=O) groups excluding carboxylic acids is 1. The van der Waals surface area contributed by atoms with Gasteiger partial charge in [-0.3, -0.25) is 9.59 Å². The Balaban J connectivity index is 2.46. The summed E-state index contributed by atoms with van der Waals surface area (Å²) in [4.78, 5) is 24.3. The first-order valence-electron chi connectivity index (χ1n) is 6.97. The van der Waals surface area contributed by atoms with Crippen LogP contribution in [0, 0.1) is 5.41 Å². The minimum atomic E-state index is -0.912. The molecule has 1 amide bonds. The van der Waals surface area contributed by atoms with Gasteiger partial charge in [0.25, 0.3) is 0 Å². The van der Waals surface area contributed by atoms with E-state index in [0.717, 1.165) is 25.7 Å². The van der Waals surface area contributed by atoms with Gasteiger partial charge < -0.3 is 15.7 Å². The fourth-order valence-electron chi connectivity index (χ4n) is 2.62. The summed E-state index contributed by atoms with van der Waals surface area (Å²) in [5.74, 6) is -1.05. The number of rotatable bonds is 5. The molecular weight excluding hydrogens is 244 g/mol. The topological polar surface area (TPSA) is 83.6 Å². The number of carbonyl (C=O) groups is 2. The Labute approximate surface area is 115 Å². The molecule has 1 aliphatic rings. The lowest BCUT2D eigenvalue weighted by molar-refractivity contribution is -0.138. The van der Waals surface area contributed by atoms with Gasteiger partial charge in [0.05, 0.1) is 6.04 Å². The van der Waals surface area contributed by atoms with Gasteiger partial charge in [-0.2, -0.15) is 0 Å². The minimum absolute atomic E-state index is 0.0571. The maximum absolute atomic E-state index is 12.1. The summed E-state index contributed by atoms with van der Waals surface area (Å²) in [5.41, 5.74) is 6.14. The van der Waals surface area contributed by atoms with Gasteiger partial charge in [-0.15, -0.1) is 0 Å². The molecule has 0 radical (unpaired) electrons. The van der Waals surface area contributed by atoms with Crippen molar-refractivity contribution >= 4 is 11.9 Å². The molecule has 1 aliphatic carbocycles. The third-order valence-corrected chi connectivity index (χ3v) is 4.19. The first kappa shape index (κ1) is 16.0. The van der Waals surface area contributed by atoms with Gasteiger partial charge in [-0.1, -0.05) is 13.8 Å². The van der Waals surface area contributed by atoms with Gasteiger partial charge in [-0.05, 0) is 37.5 Å². The lowest BCUT2D eigenvalue weighted by Crippen LogP contribution is -2.48. The summed E-state index contributed by atoms with van der Waals surface area (Å²) < 4.78 is 0. The van der Waals surface area contributed by atoms with Gasteiger partial charge in [0, 0.05) is 19.5 Å². The molecule has 0 saturated heterocycles. The molecule has 0 spiro atoms. The predicted molar refractivity (Wildman–Crippen MR) is 73.7 cm³/mol. The molecule has 1 rings (SSSR count). The Kier molecular flexibility index (Phi) is 5.35. The number of hydrogen-bond acceptors (Lipinski definition) is 3. The molecule has 5 heteroatoms. The number of carboxylic acids is 1. The van der Waals surface area contributed by atoms with E-state index in [9.17, 15) is 9.59 Å². The van der Waals surface area contributed by atoms with Crippen molar-refractivity contribution < 1.29 is 14.7 Å². The average Bonchev–Trinajstić information content (AvgIpc) is 2.34. The van der Waals surface area contributed by atoms with E-state index in [1.54, 1.807) is 11.9 Å². The van der Waals surface area contributed by atoms with Crippen LogP contribution < -0.4 is 5.73 Å². The Morgan fingerprint density at radius 2 is 1.89 bits per heavy atom. The molecule has 0 aromatic rings. The normalized spacial score (nSPS) is 20.8. The van der Waals surface area contributed by atoms with Crippen molar-refractivity contribution in [3.05, 3.63) is 0 Å². The van der Waals surface area contributed by atoms with Crippen molar-refractivity contribution in [2.24, 2.45) is 11.1 Å². The summed E-state index contributed by atoms with van der Waals surface area (Å²) in [7, 11) is 1.78. The highest BCUT2D eigenvalue weighted by atomic mass is 16.4. The number of amides is 1. The molecule has 0 bridgehead atoms. The molecule has 5 nitrogen and oxygen atoms in total. The monoisotopic (exact) mass is 270 g/mol. The number of aliphatic carboxylic acids is 1. The number of likely N-dealkylation sites (N-methyl/N-ethyl adjacent to an activating group) is 1. The van der Waals surface area contributed by atoms with Gasteiger partial charge in [0.15, 0.2) is 0 Å². The van der Waals surface area contributed by atoms with E-state index >= 15 is 0 Å². The molecule has 1 saturated carbocycles. The lowest BCUT2D eigenvalue weighted by Gasteiger charge is -2.39. The molecule has 1 unspecified atom stereocenters. The minimum Gasteiger partial charge on any atom is -0.481 e. The molecule has 3 N–H and O–H groups in total. The summed E-state index contributed by atoms with van der Waals surface area (Å²) in [6.07, 6.45) is 4.37. The summed E-state index contributed by atoms with van der Waals surface area (Å²) in [6, 6.07) is -0.451. The van der Waals surface area contributed by atoms with E-state index in [1.807, 2.05) is 0 Å². The van der Waals surface area contributed by atoms with Crippen LogP contribution in [0.2, 0.25) is 0 Å². The fourth-order valence-corrected chi connectivity index (χ4v) is 2.62. The van der Waals surface area contributed by atoms with Crippen LogP contribution in [-0.4, -0.2) is 41.0 Å². The standard InChI is InChI=1S/C14H26N2O3/c1-14(2)8-6-10(7-9-14)16(3)13(19)11(15)4-5-12(17)18/h10-11H,4-9,15H2,1-3H3,(H,17,18). The Bertz CT molecular complexity index is 332. The largest absolute Gasteiger partial charge is 0.481 e. The van der Waals surface area contributed by atoms with Crippen LogP contribution in [0.1, 0.15) is 52.4 Å². The van der Waals surface area contributed by atoms with Crippen LogP contribution in [0.4, 0.5) is 0 Å². The number of nitrogens with two attached hydrogens (primary N) is 1. The Hall–Kier alpha value is -1.10. The first-order valence-corrected chi connectivity index (χ1v) is 6.97. The highest BCUT2D eigenvalue weighted by Gasteiger charge is 2.31. The number of hydrogen-bond donors (Lipinski definition) is 2. The molecule has 0 aromatic carbocycles. The molecule has 19 heavy (non-hydrogen) atoms. The van der Waals surface area contributed by atoms with Gasteiger partial charge in [-0.25, -0.2) is 0 Å². The van der Waals surface area contributed by atoms with Gasteiger partial charge in [0.2, 0.25) is 5.91 Å². The van der Waals surface area contributed by atoms with Crippen LogP contribution in [0.25, 0.3) is 0 Å². The number of carboxylic acid groups (broad SMARTS) is 1. The Morgan fingerprint density at radius 1 is 1.37 bits per heavy atom. The highest BCUT2D eigenvalue weighted by Crippen LogP contribution is 2.36. The molecule has 0 heterocycles. The zero-order valence-corrected chi connectivity index (χ0v) is 12.2. The Morgan fingerprint density at radius 3 is 2.37 bits per heavy atom. The van der Waals surface area contributed by atoms with Crippen molar-refractivity contribution in [1.29, 1.82) is 0 Å².